The van der Waals surface area contributed by atoms with Crippen LogP contribution in [0.3, 0.4) is 0 Å². The third-order valence-electron chi connectivity index (χ3n) is 2.87. The molecule has 0 saturated heterocycles. The topological polar surface area (TPSA) is 77.8 Å². The van der Waals surface area contributed by atoms with Crippen molar-refractivity contribution in [1.29, 1.82) is 0 Å². The fourth-order valence-electron chi connectivity index (χ4n) is 1.76. The quantitative estimate of drug-likeness (QED) is 0.799. The van der Waals surface area contributed by atoms with Gasteiger partial charge in [0, 0.05) is 26.0 Å². The van der Waals surface area contributed by atoms with E-state index in [1.54, 1.807) is 6.20 Å². The number of aryl methyl sites for hydroxylation is 1. The normalized spacial score (nSPS) is 10.6. The molecule has 0 radical (unpaired) electrons. The van der Waals surface area contributed by atoms with Crippen LogP contribution in [0.4, 0.5) is 5.95 Å². The van der Waals surface area contributed by atoms with Crippen LogP contribution < -0.4 is 10.1 Å². The van der Waals surface area contributed by atoms with E-state index in [0.29, 0.717) is 30.8 Å². The summed E-state index contributed by atoms with van der Waals surface area (Å²) in [4.78, 5) is 17.4. The smallest absolute Gasteiger partial charge is 0.321 e. The van der Waals surface area contributed by atoms with Gasteiger partial charge in [0.05, 0.1) is 13.0 Å². The number of nitrogens with zero attached hydrogens (tertiary/aromatic N) is 5. The van der Waals surface area contributed by atoms with Crippen molar-refractivity contribution in [3.63, 3.8) is 0 Å². The minimum atomic E-state index is 0.370. The lowest BCUT2D eigenvalue weighted by Gasteiger charge is -2.09. The number of hydrogen-bond acceptors (Lipinski definition) is 6. The maximum atomic E-state index is 5.54. The zero-order valence-corrected chi connectivity index (χ0v) is 12.8. The number of ether oxygens (including phenoxy) is 1. The van der Waals surface area contributed by atoms with Crippen LogP contribution in [0.15, 0.2) is 12.4 Å². The molecule has 7 nitrogen and oxygen atoms in total. The maximum Gasteiger partial charge on any atom is 0.321 e. The van der Waals surface area contributed by atoms with E-state index in [9.17, 15) is 0 Å². The summed E-state index contributed by atoms with van der Waals surface area (Å²) in [7, 11) is 1.95. The number of imidazole rings is 1. The van der Waals surface area contributed by atoms with Crippen LogP contribution in [0.1, 0.15) is 38.3 Å². The Balaban J connectivity index is 2.19. The molecular formula is C14H22N6O. The molecule has 2 rings (SSSR count). The lowest BCUT2D eigenvalue weighted by atomic mass is 10.4. The molecule has 0 aliphatic rings. The van der Waals surface area contributed by atoms with Crippen molar-refractivity contribution in [1.82, 2.24) is 24.5 Å². The Morgan fingerprint density at radius 2 is 2.05 bits per heavy atom. The first-order chi connectivity index (χ1) is 10.2. The minimum absolute atomic E-state index is 0.370. The third kappa shape index (κ3) is 4.40. The summed E-state index contributed by atoms with van der Waals surface area (Å²) in [6.07, 6.45) is 6.14. The first kappa shape index (κ1) is 15.2. The molecule has 0 fully saturated rings. The van der Waals surface area contributed by atoms with E-state index in [1.165, 1.54) is 0 Å². The molecule has 7 heteroatoms. The summed E-state index contributed by atoms with van der Waals surface area (Å²) in [6, 6.07) is 0.370. The molecule has 0 saturated carbocycles. The second-order valence-electron chi connectivity index (χ2n) is 4.76. The lowest BCUT2D eigenvalue weighted by molar-refractivity contribution is 0.290. The molecule has 0 aromatic carbocycles. The largest absolute Gasteiger partial charge is 0.463 e. The molecule has 2 aromatic heterocycles. The van der Waals surface area contributed by atoms with Crippen LogP contribution in [-0.4, -0.2) is 37.7 Å². The second kappa shape index (κ2) is 7.56. The zero-order valence-electron chi connectivity index (χ0n) is 12.8. The Hall–Kier alpha value is -2.18. The van der Waals surface area contributed by atoms with Crippen LogP contribution in [0.5, 0.6) is 6.01 Å². The lowest BCUT2D eigenvalue weighted by Crippen LogP contribution is -2.12. The summed E-state index contributed by atoms with van der Waals surface area (Å²) in [5.74, 6) is 2.12. The Labute approximate surface area is 124 Å². The summed E-state index contributed by atoms with van der Waals surface area (Å²) in [5.41, 5.74) is 0. The van der Waals surface area contributed by atoms with Gasteiger partial charge >= 0.3 is 6.01 Å². The Morgan fingerprint density at radius 3 is 2.71 bits per heavy atom. The van der Waals surface area contributed by atoms with Gasteiger partial charge in [-0.3, -0.25) is 0 Å². The second-order valence-corrected chi connectivity index (χ2v) is 4.76. The number of rotatable bonds is 8. The van der Waals surface area contributed by atoms with Crippen LogP contribution in [0.25, 0.3) is 0 Å². The first-order valence-electron chi connectivity index (χ1n) is 7.30. The van der Waals surface area contributed by atoms with Crippen LogP contribution >= 0.6 is 0 Å². The maximum absolute atomic E-state index is 5.54. The van der Waals surface area contributed by atoms with Crippen molar-refractivity contribution in [3.8, 4) is 6.01 Å². The summed E-state index contributed by atoms with van der Waals surface area (Å²) < 4.78 is 7.49. The molecule has 0 amide bonds. The number of aromatic nitrogens is 5. The SMILES string of the molecule is CCCNc1nc(Cc2nccn2C)nc(OCCC)n1. The van der Waals surface area contributed by atoms with Crippen LogP contribution in [0.2, 0.25) is 0 Å². The minimum Gasteiger partial charge on any atom is -0.463 e. The highest BCUT2D eigenvalue weighted by Crippen LogP contribution is 2.11. The monoisotopic (exact) mass is 290 g/mol. The van der Waals surface area contributed by atoms with Gasteiger partial charge in [0.2, 0.25) is 5.95 Å². The van der Waals surface area contributed by atoms with Crippen molar-refractivity contribution in [2.24, 2.45) is 7.05 Å². The Bertz CT molecular complexity index is 542. The van der Waals surface area contributed by atoms with E-state index < -0.39 is 0 Å². The van der Waals surface area contributed by atoms with E-state index in [0.717, 1.165) is 25.2 Å². The molecule has 1 N–H and O–H groups in total. The van der Waals surface area contributed by atoms with Crippen molar-refractivity contribution in [2.45, 2.75) is 33.1 Å². The van der Waals surface area contributed by atoms with Gasteiger partial charge in [0.15, 0.2) is 0 Å². The van der Waals surface area contributed by atoms with Gasteiger partial charge in [-0.15, -0.1) is 0 Å². The third-order valence-corrected chi connectivity index (χ3v) is 2.87. The van der Waals surface area contributed by atoms with Crippen molar-refractivity contribution >= 4 is 5.95 Å². The molecule has 0 atom stereocenters. The van der Waals surface area contributed by atoms with Gasteiger partial charge in [0.25, 0.3) is 0 Å². The highest BCUT2D eigenvalue weighted by atomic mass is 16.5. The van der Waals surface area contributed by atoms with E-state index in [-0.39, 0.29) is 0 Å². The predicted octanol–water partition coefficient (Wildman–Crippen LogP) is 1.81. The van der Waals surface area contributed by atoms with Crippen LogP contribution in [0, 0.1) is 0 Å². The van der Waals surface area contributed by atoms with Gasteiger partial charge in [-0.05, 0) is 12.8 Å². The van der Waals surface area contributed by atoms with Gasteiger partial charge in [-0.2, -0.15) is 15.0 Å². The Kier molecular flexibility index (Phi) is 5.48. The molecule has 114 valence electrons. The van der Waals surface area contributed by atoms with Crippen molar-refractivity contribution in [3.05, 3.63) is 24.0 Å². The first-order valence-corrected chi connectivity index (χ1v) is 7.30. The predicted molar refractivity (Wildman–Crippen MR) is 80.4 cm³/mol. The fourth-order valence-corrected chi connectivity index (χ4v) is 1.76. The van der Waals surface area contributed by atoms with Gasteiger partial charge in [-0.1, -0.05) is 13.8 Å². The van der Waals surface area contributed by atoms with E-state index >= 15 is 0 Å². The number of hydrogen-bond donors (Lipinski definition) is 1. The molecule has 0 aliphatic heterocycles. The highest BCUT2D eigenvalue weighted by molar-refractivity contribution is 5.26. The van der Waals surface area contributed by atoms with E-state index in [1.807, 2.05) is 24.7 Å². The van der Waals surface area contributed by atoms with Gasteiger partial charge in [0.1, 0.15) is 11.6 Å². The van der Waals surface area contributed by atoms with Gasteiger partial charge in [-0.25, -0.2) is 4.98 Å². The Morgan fingerprint density at radius 1 is 1.19 bits per heavy atom. The van der Waals surface area contributed by atoms with Crippen LogP contribution in [-0.2, 0) is 13.5 Å². The molecule has 0 aliphatic carbocycles. The molecule has 2 aromatic rings. The molecule has 21 heavy (non-hydrogen) atoms. The molecule has 2 heterocycles. The molecule has 0 bridgehead atoms. The van der Waals surface area contributed by atoms with Crippen molar-refractivity contribution < 1.29 is 4.74 Å². The molecular weight excluding hydrogens is 268 g/mol. The average molecular weight is 290 g/mol. The van der Waals surface area contributed by atoms with Gasteiger partial charge < -0.3 is 14.6 Å². The molecule has 0 unspecified atom stereocenters. The van der Waals surface area contributed by atoms with E-state index in [4.69, 9.17) is 4.74 Å². The fraction of sp³-hybridized carbons (Fsp3) is 0.571. The summed E-state index contributed by atoms with van der Waals surface area (Å²) >= 11 is 0. The standard InChI is InChI=1S/C14H22N6O/c1-4-6-16-13-17-11(10-12-15-7-8-20(12)3)18-14(19-13)21-9-5-2/h7-8H,4-6,9-10H2,1-3H3,(H,16,17,18,19). The zero-order chi connectivity index (χ0) is 15.1. The highest BCUT2D eigenvalue weighted by Gasteiger charge is 2.10. The van der Waals surface area contributed by atoms with E-state index in [2.05, 4.69) is 32.2 Å². The van der Waals surface area contributed by atoms with Crippen molar-refractivity contribution in [2.75, 3.05) is 18.5 Å². The number of nitrogens with one attached hydrogen (secondary N) is 1. The number of anilines is 1. The average Bonchev–Trinajstić information content (AvgIpc) is 2.88. The summed E-state index contributed by atoms with van der Waals surface area (Å²) in [6.45, 7) is 5.56. The molecule has 0 spiro atoms. The summed E-state index contributed by atoms with van der Waals surface area (Å²) in [5, 5.41) is 3.18.